The van der Waals surface area contributed by atoms with E-state index in [0.717, 1.165) is 0 Å². The third-order valence-corrected chi connectivity index (χ3v) is 1.39. The van der Waals surface area contributed by atoms with Gasteiger partial charge in [0.15, 0.2) is 5.96 Å². The van der Waals surface area contributed by atoms with Crippen LogP contribution in [0.4, 0.5) is 10.1 Å². The second-order valence-electron chi connectivity index (χ2n) is 2.13. The van der Waals surface area contributed by atoms with Crippen molar-refractivity contribution in [2.75, 3.05) is 0 Å². The van der Waals surface area contributed by atoms with Gasteiger partial charge in [0.05, 0.1) is 0 Å². The zero-order valence-electron chi connectivity index (χ0n) is 6.09. The van der Waals surface area contributed by atoms with Crippen LogP contribution in [0.1, 0.15) is 0 Å². The predicted octanol–water partition coefficient (Wildman–Crippen LogP) is 1.38. The molecule has 64 valence electrons. The quantitative estimate of drug-likeness (QED) is 0.516. The highest BCUT2D eigenvalue weighted by Gasteiger charge is 2.00. The molecule has 0 unspecified atom stereocenters. The van der Waals surface area contributed by atoms with Crippen molar-refractivity contribution in [2.45, 2.75) is 0 Å². The second-order valence-corrected chi connectivity index (χ2v) is 2.57. The minimum Gasteiger partial charge on any atom is -0.370 e. The molecule has 0 radical (unpaired) electrons. The van der Waals surface area contributed by atoms with Crippen LogP contribution >= 0.6 is 11.6 Å². The molecular weight excluding hydrogens is 181 g/mol. The molecule has 0 aliphatic carbocycles. The highest BCUT2D eigenvalue weighted by Crippen LogP contribution is 2.21. The van der Waals surface area contributed by atoms with Gasteiger partial charge in [0.2, 0.25) is 0 Å². The lowest BCUT2D eigenvalue weighted by Crippen LogP contribution is -2.22. The lowest BCUT2D eigenvalue weighted by molar-refractivity contribution is 0.630. The van der Waals surface area contributed by atoms with Gasteiger partial charge in [-0.25, -0.2) is 9.38 Å². The van der Waals surface area contributed by atoms with Crippen molar-refractivity contribution in [3.8, 4) is 0 Å². The van der Waals surface area contributed by atoms with Gasteiger partial charge >= 0.3 is 0 Å². The van der Waals surface area contributed by atoms with Crippen molar-refractivity contribution in [1.29, 1.82) is 0 Å². The van der Waals surface area contributed by atoms with Crippen LogP contribution in [0, 0.1) is 5.82 Å². The summed E-state index contributed by atoms with van der Waals surface area (Å²) >= 11 is 5.58. The summed E-state index contributed by atoms with van der Waals surface area (Å²) in [5.74, 6) is -0.705. The molecule has 0 bridgehead atoms. The standard InChI is InChI=1S/C7H7ClFN3/c8-4-1-2-5(9)6(3-4)12-7(10)11/h1-3H,(H4,10,11,12). The molecular formula is C7H7ClFN3. The fourth-order valence-electron chi connectivity index (χ4n) is 0.711. The Hall–Kier alpha value is -1.29. The number of rotatable bonds is 1. The summed E-state index contributed by atoms with van der Waals surface area (Å²) < 4.78 is 12.9. The minimum absolute atomic E-state index is 0.0440. The molecule has 1 aromatic rings. The molecule has 0 amide bonds. The average Bonchev–Trinajstić information content (AvgIpc) is 1.96. The lowest BCUT2D eigenvalue weighted by atomic mass is 10.3. The summed E-state index contributed by atoms with van der Waals surface area (Å²) in [6.07, 6.45) is 0. The van der Waals surface area contributed by atoms with Crippen molar-refractivity contribution in [3.05, 3.63) is 29.0 Å². The van der Waals surface area contributed by atoms with Crippen LogP contribution in [0.5, 0.6) is 0 Å². The van der Waals surface area contributed by atoms with Crippen LogP contribution in [-0.2, 0) is 0 Å². The molecule has 0 heterocycles. The number of hydrogen-bond donors (Lipinski definition) is 2. The van der Waals surface area contributed by atoms with Gasteiger partial charge in [0, 0.05) is 5.02 Å². The first-order chi connectivity index (χ1) is 5.59. The molecule has 0 saturated carbocycles. The monoisotopic (exact) mass is 187 g/mol. The number of nitrogens with two attached hydrogens (primary N) is 2. The third kappa shape index (κ3) is 2.10. The molecule has 0 aliphatic heterocycles. The summed E-state index contributed by atoms with van der Waals surface area (Å²) in [4.78, 5) is 3.53. The van der Waals surface area contributed by atoms with Crippen molar-refractivity contribution >= 4 is 23.2 Å². The van der Waals surface area contributed by atoms with E-state index in [4.69, 9.17) is 23.1 Å². The first-order valence-corrected chi connectivity index (χ1v) is 3.52. The smallest absolute Gasteiger partial charge is 0.191 e. The number of guanidine groups is 1. The van der Waals surface area contributed by atoms with Crippen molar-refractivity contribution < 1.29 is 4.39 Å². The number of hydrogen-bond acceptors (Lipinski definition) is 1. The van der Waals surface area contributed by atoms with Crippen molar-refractivity contribution in [1.82, 2.24) is 0 Å². The number of aliphatic imine (C=N–C) groups is 1. The van der Waals surface area contributed by atoms with Gasteiger partial charge in [-0.2, -0.15) is 0 Å². The third-order valence-electron chi connectivity index (χ3n) is 1.16. The van der Waals surface area contributed by atoms with E-state index in [1.165, 1.54) is 18.2 Å². The summed E-state index contributed by atoms with van der Waals surface area (Å²) in [5.41, 5.74) is 10.2. The van der Waals surface area contributed by atoms with Gasteiger partial charge in [-0.15, -0.1) is 0 Å². The van der Waals surface area contributed by atoms with E-state index in [-0.39, 0.29) is 11.6 Å². The van der Waals surface area contributed by atoms with E-state index in [1.807, 2.05) is 0 Å². The Labute approximate surface area is 73.8 Å². The van der Waals surface area contributed by atoms with E-state index in [9.17, 15) is 4.39 Å². The zero-order valence-corrected chi connectivity index (χ0v) is 6.85. The van der Waals surface area contributed by atoms with Gasteiger partial charge in [-0.1, -0.05) is 11.6 Å². The predicted molar refractivity (Wildman–Crippen MR) is 46.9 cm³/mol. The van der Waals surface area contributed by atoms with Crippen LogP contribution in [0.25, 0.3) is 0 Å². The molecule has 12 heavy (non-hydrogen) atoms. The van der Waals surface area contributed by atoms with Crippen molar-refractivity contribution in [3.63, 3.8) is 0 Å². The fraction of sp³-hybridized carbons (Fsp3) is 0. The van der Waals surface area contributed by atoms with Gasteiger partial charge < -0.3 is 11.5 Å². The Morgan fingerprint density at radius 3 is 2.67 bits per heavy atom. The molecule has 0 fully saturated rings. The Bertz CT molecular complexity index is 320. The molecule has 0 spiro atoms. The van der Waals surface area contributed by atoms with E-state index in [0.29, 0.717) is 5.02 Å². The summed E-state index contributed by atoms with van der Waals surface area (Å²) in [6, 6.07) is 3.96. The molecule has 0 saturated heterocycles. The highest BCUT2D eigenvalue weighted by atomic mass is 35.5. The SMILES string of the molecule is NC(N)=Nc1cc(Cl)ccc1F. The zero-order chi connectivity index (χ0) is 9.14. The van der Waals surface area contributed by atoms with Crippen molar-refractivity contribution in [2.24, 2.45) is 16.5 Å². The van der Waals surface area contributed by atoms with Crippen LogP contribution in [0.15, 0.2) is 23.2 Å². The molecule has 0 aromatic heterocycles. The van der Waals surface area contributed by atoms with E-state index in [1.54, 1.807) is 0 Å². The molecule has 0 atom stereocenters. The Morgan fingerprint density at radius 1 is 1.42 bits per heavy atom. The van der Waals surface area contributed by atoms with E-state index >= 15 is 0 Å². The molecule has 1 aromatic carbocycles. The van der Waals surface area contributed by atoms with E-state index < -0.39 is 5.82 Å². The molecule has 4 N–H and O–H groups in total. The molecule has 0 aliphatic rings. The van der Waals surface area contributed by atoms with Gasteiger partial charge in [-0.05, 0) is 18.2 Å². The Balaban J connectivity index is 3.14. The van der Waals surface area contributed by atoms with E-state index in [2.05, 4.69) is 4.99 Å². The van der Waals surface area contributed by atoms with Crippen LogP contribution in [0.3, 0.4) is 0 Å². The van der Waals surface area contributed by atoms with Crippen LogP contribution in [0.2, 0.25) is 5.02 Å². The largest absolute Gasteiger partial charge is 0.370 e. The van der Waals surface area contributed by atoms with Gasteiger partial charge in [0.25, 0.3) is 0 Å². The Morgan fingerprint density at radius 2 is 2.08 bits per heavy atom. The average molecular weight is 188 g/mol. The molecule has 3 nitrogen and oxygen atoms in total. The maximum absolute atomic E-state index is 12.9. The molecule has 5 heteroatoms. The van der Waals surface area contributed by atoms with Gasteiger partial charge in [-0.3, -0.25) is 0 Å². The van der Waals surface area contributed by atoms with Gasteiger partial charge in [0.1, 0.15) is 11.5 Å². The maximum Gasteiger partial charge on any atom is 0.191 e. The normalized spacial score (nSPS) is 9.50. The highest BCUT2D eigenvalue weighted by molar-refractivity contribution is 6.30. The lowest BCUT2D eigenvalue weighted by Gasteiger charge is -1.97. The summed E-state index contributed by atoms with van der Waals surface area (Å²) in [6.45, 7) is 0. The Kier molecular flexibility index (Phi) is 2.50. The first-order valence-electron chi connectivity index (χ1n) is 3.14. The number of nitrogens with zero attached hydrogens (tertiary/aromatic N) is 1. The molecule has 1 rings (SSSR count). The first kappa shape index (κ1) is 8.80. The van der Waals surface area contributed by atoms with Crippen LogP contribution < -0.4 is 11.5 Å². The number of benzene rings is 1. The van der Waals surface area contributed by atoms with Crippen LogP contribution in [-0.4, -0.2) is 5.96 Å². The summed E-state index contributed by atoms with van der Waals surface area (Å²) in [7, 11) is 0. The minimum atomic E-state index is -0.507. The summed E-state index contributed by atoms with van der Waals surface area (Å²) in [5, 5.41) is 0.386. The second kappa shape index (κ2) is 3.40. The maximum atomic E-state index is 12.9. The fourth-order valence-corrected chi connectivity index (χ4v) is 0.877. The topological polar surface area (TPSA) is 64.4 Å². The number of halogens is 2.